The summed E-state index contributed by atoms with van der Waals surface area (Å²) < 4.78 is 1.43. The molecule has 174 valence electrons. The van der Waals surface area contributed by atoms with Gasteiger partial charge in [-0.25, -0.2) is 0 Å². The Balaban J connectivity index is 2.19. The van der Waals surface area contributed by atoms with Gasteiger partial charge >= 0.3 is 5.97 Å². The fourth-order valence-electron chi connectivity index (χ4n) is 3.61. The first-order valence-corrected chi connectivity index (χ1v) is 10.6. The van der Waals surface area contributed by atoms with Gasteiger partial charge in [0.25, 0.3) is 11.5 Å². The van der Waals surface area contributed by atoms with Crippen molar-refractivity contribution in [2.45, 2.75) is 32.7 Å². The number of aromatic hydroxyl groups is 1. The first-order chi connectivity index (χ1) is 15.4. The van der Waals surface area contributed by atoms with Gasteiger partial charge in [0.1, 0.15) is 17.9 Å². The molecular weight excluding hydrogens is 422 g/mol. The Bertz CT molecular complexity index is 1270. The van der Waals surface area contributed by atoms with Gasteiger partial charge in [0, 0.05) is 25.2 Å². The van der Waals surface area contributed by atoms with Crippen molar-refractivity contribution in [3.8, 4) is 5.75 Å². The zero-order chi connectivity index (χ0) is 24.5. The Labute approximate surface area is 192 Å². The van der Waals surface area contributed by atoms with Gasteiger partial charge in [-0.1, -0.05) is 45.0 Å². The highest BCUT2D eigenvalue weighted by molar-refractivity contribution is 6.03. The van der Waals surface area contributed by atoms with Crippen LogP contribution >= 0.6 is 0 Å². The van der Waals surface area contributed by atoms with E-state index in [9.17, 15) is 19.5 Å². The Hall–Kier alpha value is -3.81. The fraction of sp³-hybridized carbons (Fsp3) is 0.320. The van der Waals surface area contributed by atoms with Gasteiger partial charge in [-0.3, -0.25) is 14.4 Å². The van der Waals surface area contributed by atoms with Crippen molar-refractivity contribution in [2.75, 3.05) is 25.5 Å². The molecule has 3 aromatic rings. The second-order valence-electron chi connectivity index (χ2n) is 9.23. The number of nitrogens with one attached hydrogen (secondary N) is 1. The Kier molecular flexibility index (Phi) is 6.48. The minimum Gasteiger partial charge on any atom is -0.506 e. The van der Waals surface area contributed by atoms with E-state index in [0.29, 0.717) is 10.9 Å². The molecular formula is C25H29N3O5. The number of carbonyl (C=O) groups is 2. The van der Waals surface area contributed by atoms with Crippen LogP contribution in [-0.4, -0.2) is 47.3 Å². The molecule has 0 radical (unpaired) electrons. The summed E-state index contributed by atoms with van der Waals surface area (Å²) in [4.78, 5) is 38.7. The highest BCUT2D eigenvalue weighted by Gasteiger charge is 2.23. The van der Waals surface area contributed by atoms with Crippen LogP contribution in [-0.2, 0) is 16.8 Å². The number of nitrogens with zero attached hydrogens (tertiary/aromatic N) is 2. The number of pyridine rings is 1. The highest BCUT2D eigenvalue weighted by Crippen LogP contribution is 2.30. The Morgan fingerprint density at radius 2 is 1.70 bits per heavy atom. The predicted molar refractivity (Wildman–Crippen MR) is 128 cm³/mol. The summed E-state index contributed by atoms with van der Waals surface area (Å²) >= 11 is 0. The van der Waals surface area contributed by atoms with Gasteiger partial charge in [0.2, 0.25) is 0 Å². The number of amides is 1. The second kappa shape index (κ2) is 8.97. The van der Waals surface area contributed by atoms with E-state index in [0.717, 1.165) is 16.8 Å². The average Bonchev–Trinajstić information content (AvgIpc) is 2.74. The van der Waals surface area contributed by atoms with Crippen molar-refractivity contribution in [1.29, 1.82) is 0 Å². The molecule has 8 nitrogen and oxygen atoms in total. The van der Waals surface area contributed by atoms with Crippen LogP contribution in [0.4, 0.5) is 5.69 Å². The lowest BCUT2D eigenvalue weighted by atomic mass is 9.87. The van der Waals surface area contributed by atoms with Gasteiger partial charge in [-0.05, 0) is 34.7 Å². The zero-order valence-corrected chi connectivity index (χ0v) is 19.5. The quantitative estimate of drug-likeness (QED) is 0.531. The maximum Gasteiger partial charge on any atom is 0.322 e. The third-order valence-corrected chi connectivity index (χ3v) is 5.53. The molecule has 0 saturated heterocycles. The number of carboxylic acids is 1. The molecule has 3 N–H and O–H groups in total. The fourth-order valence-corrected chi connectivity index (χ4v) is 3.61. The van der Waals surface area contributed by atoms with Crippen LogP contribution in [0.1, 0.15) is 42.3 Å². The molecule has 33 heavy (non-hydrogen) atoms. The predicted octanol–water partition coefficient (Wildman–Crippen LogP) is 2.93. The van der Waals surface area contributed by atoms with Crippen LogP contribution in [0.3, 0.4) is 0 Å². The number of anilines is 1. The molecule has 1 heterocycles. The summed E-state index contributed by atoms with van der Waals surface area (Å²) in [6.07, 6.45) is 0. The lowest BCUT2D eigenvalue weighted by Gasteiger charge is -2.20. The van der Waals surface area contributed by atoms with E-state index in [-0.39, 0.29) is 12.0 Å². The summed E-state index contributed by atoms with van der Waals surface area (Å²) in [5.74, 6) is -2.66. The number of hydrogen-bond donors (Lipinski definition) is 3. The molecule has 0 bridgehead atoms. The molecule has 0 fully saturated rings. The molecule has 0 unspecified atom stereocenters. The molecule has 3 rings (SSSR count). The monoisotopic (exact) mass is 451 g/mol. The Morgan fingerprint density at radius 1 is 1.06 bits per heavy atom. The van der Waals surface area contributed by atoms with E-state index in [1.54, 1.807) is 12.1 Å². The van der Waals surface area contributed by atoms with Crippen molar-refractivity contribution >= 4 is 28.5 Å². The normalized spacial score (nSPS) is 11.4. The van der Waals surface area contributed by atoms with Crippen molar-refractivity contribution in [3.05, 3.63) is 69.5 Å². The van der Waals surface area contributed by atoms with Crippen LogP contribution in [0.5, 0.6) is 5.75 Å². The zero-order valence-electron chi connectivity index (χ0n) is 19.5. The van der Waals surface area contributed by atoms with E-state index < -0.39 is 35.3 Å². The van der Waals surface area contributed by atoms with Crippen molar-refractivity contribution in [1.82, 2.24) is 9.88 Å². The van der Waals surface area contributed by atoms with Crippen LogP contribution in [0.15, 0.2) is 47.3 Å². The van der Waals surface area contributed by atoms with E-state index in [4.69, 9.17) is 5.11 Å². The second-order valence-corrected chi connectivity index (χ2v) is 9.23. The Morgan fingerprint density at radius 3 is 2.24 bits per heavy atom. The molecule has 0 atom stereocenters. The number of carboxylic acid groups (broad SMARTS) is 1. The minimum absolute atomic E-state index is 0.0153. The van der Waals surface area contributed by atoms with Gasteiger partial charge in [0.05, 0.1) is 12.1 Å². The van der Waals surface area contributed by atoms with E-state index in [2.05, 4.69) is 26.1 Å². The molecule has 0 aliphatic rings. The number of benzene rings is 2. The molecule has 1 aromatic heterocycles. The summed E-state index contributed by atoms with van der Waals surface area (Å²) in [7, 11) is 3.68. The molecule has 0 aliphatic heterocycles. The first-order valence-electron chi connectivity index (χ1n) is 10.6. The summed E-state index contributed by atoms with van der Waals surface area (Å²) in [5.41, 5.74) is 2.06. The number of carbonyl (C=O) groups excluding carboxylic acids is 1. The number of aliphatic carboxylic acids is 1. The van der Waals surface area contributed by atoms with Gasteiger partial charge in [0.15, 0.2) is 0 Å². The van der Waals surface area contributed by atoms with Gasteiger partial charge in [-0.2, -0.15) is 0 Å². The highest BCUT2D eigenvalue weighted by atomic mass is 16.4. The summed E-state index contributed by atoms with van der Waals surface area (Å²) in [6, 6.07) is 13.1. The van der Waals surface area contributed by atoms with Crippen LogP contribution < -0.4 is 15.8 Å². The summed E-state index contributed by atoms with van der Waals surface area (Å²) in [5, 5.41) is 22.2. The molecule has 0 saturated carbocycles. The molecule has 2 aromatic carbocycles. The maximum absolute atomic E-state index is 13.3. The minimum atomic E-state index is -1.25. The number of hydrogen-bond acceptors (Lipinski definition) is 5. The lowest BCUT2D eigenvalue weighted by molar-refractivity contribution is -0.135. The third-order valence-electron chi connectivity index (χ3n) is 5.53. The van der Waals surface area contributed by atoms with Crippen molar-refractivity contribution in [3.63, 3.8) is 0 Å². The van der Waals surface area contributed by atoms with Crippen LogP contribution in [0.2, 0.25) is 0 Å². The molecule has 0 spiro atoms. The van der Waals surface area contributed by atoms with Gasteiger partial charge in [-0.15, -0.1) is 0 Å². The number of aromatic nitrogens is 1. The van der Waals surface area contributed by atoms with E-state index >= 15 is 0 Å². The number of rotatable bonds is 6. The first kappa shape index (κ1) is 23.8. The van der Waals surface area contributed by atoms with Crippen LogP contribution in [0.25, 0.3) is 10.9 Å². The molecule has 0 aliphatic carbocycles. The average molecular weight is 452 g/mol. The molecule has 1 amide bonds. The van der Waals surface area contributed by atoms with Crippen LogP contribution in [0, 0.1) is 0 Å². The standard InChI is InChI=1S/C25H29N3O5/c1-25(2,3)16-8-6-15(7-9-16)14-28-19-11-10-17(27(4)5)12-18(19)22(31)21(24(28)33)23(32)26-13-20(29)30/h6-12,31H,13-14H2,1-5H3,(H,26,32)(H,29,30). The van der Waals surface area contributed by atoms with E-state index in [1.165, 1.54) is 4.57 Å². The van der Waals surface area contributed by atoms with Crippen molar-refractivity contribution < 1.29 is 19.8 Å². The topological polar surface area (TPSA) is 112 Å². The lowest BCUT2D eigenvalue weighted by Crippen LogP contribution is -2.36. The van der Waals surface area contributed by atoms with Crippen molar-refractivity contribution in [2.24, 2.45) is 0 Å². The largest absolute Gasteiger partial charge is 0.506 e. The smallest absolute Gasteiger partial charge is 0.322 e. The SMILES string of the molecule is CN(C)c1ccc2c(c1)c(O)c(C(=O)NCC(=O)O)c(=O)n2Cc1ccc(C(C)(C)C)cc1. The molecule has 8 heteroatoms. The van der Waals surface area contributed by atoms with Gasteiger partial charge < -0.3 is 25.0 Å². The third kappa shape index (κ3) is 5.00. The number of fused-ring (bicyclic) bond motifs is 1. The summed E-state index contributed by atoms with van der Waals surface area (Å²) in [6.45, 7) is 5.86. The maximum atomic E-state index is 13.3. The van der Waals surface area contributed by atoms with E-state index in [1.807, 2.05) is 49.3 Å².